The molecule has 0 aliphatic carbocycles. The number of hydrogen-bond acceptors (Lipinski definition) is 7. The summed E-state index contributed by atoms with van der Waals surface area (Å²) in [5.74, 6) is 1.63. The minimum atomic E-state index is -0.448. The van der Waals surface area contributed by atoms with Crippen LogP contribution in [0, 0.1) is 5.41 Å². The highest BCUT2D eigenvalue weighted by atomic mass is 32.2. The second-order valence-electron chi connectivity index (χ2n) is 6.29. The number of amidine groups is 3. The minimum Gasteiger partial charge on any atom is -0.454 e. The van der Waals surface area contributed by atoms with Gasteiger partial charge >= 0.3 is 0 Å². The van der Waals surface area contributed by atoms with Gasteiger partial charge in [-0.2, -0.15) is 9.39 Å². The molecule has 1 N–H and O–H groups in total. The van der Waals surface area contributed by atoms with E-state index in [1.807, 2.05) is 36.4 Å². The fourth-order valence-electron chi connectivity index (χ4n) is 2.99. The van der Waals surface area contributed by atoms with Crippen LogP contribution in [0.5, 0.6) is 11.5 Å². The third-order valence-electron chi connectivity index (χ3n) is 4.41. The molecular weight excluding hydrogens is 408 g/mol. The highest BCUT2D eigenvalue weighted by Gasteiger charge is 2.37. The number of benzene rings is 2. The second kappa shape index (κ2) is 7.41. The molecule has 0 saturated carbocycles. The largest absolute Gasteiger partial charge is 0.454 e. The number of thioether (sulfide) groups is 1. The van der Waals surface area contributed by atoms with Crippen LogP contribution in [0.2, 0.25) is 0 Å². The quantitative estimate of drug-likeness (QED) is 0.596. The number of carbonyl (C=O) groups is 1. The highest BCUT2D eigenvalue weighted by Crippen LogP contribution is 2.35. The molecule has 144 valence electrons. The molecule has 0 saturated heterocycles. The van der Waals surface area contributed by atoms with Gasteiger partial charge in [-0.15, -0.1) is 0 Å². The van der Waals surface area contributed by atoms with Crippen LogP contribution in [0.3, 0.4) is 0 Å². The maximum Gasteiger partial charge on any atom is 0.283 e. The Morgan fingerprint density at radius 1 is 1.17 bits per heavy atom. The fraction of sp³-hybridized carbons (Fsp3) is 0.100. The molecule has 29 heavy (non-hydrogen) atoms. The maximum atomic E-state index is 12.5. The second-order valence-corrected chi connectivity index (χ2v) is 7.97. The van der Waals surface area contributed by atoms with Crippen molar-refractivity contribution >= 4 is 51.9 Å². The lowest BCUT2D eigenvalue weighted by atomic mass is 10.1. The van der Waals surface area contributed by atoms with E-state index < -0.39 is 5.91 Å². The van der Waals surface area contributed by atoms with E-state index >= 15 is 0 Å². The van der Waals surface area contributed by atoms with Crippen molar-refractivity contribution in [2.24, 2.45) is 9.39 Å². The summed E-state index contributed by atoms with van der Waals surface area (Å²) in [7, 11) is 0. The first-order valence-electron chi connectivity index (χ1n) is 8.74. The molecular formula is C20H14N4O3S2. The van der Waals surface area contributed by atoms with Gasteiger partial charge in [0.2, 0.25) is 12.0 Å². The third-order valence-corrected chi connectivity index (χ3v) is 6.24. The summed E-state index contributed by atoms with van der Waals surface area (Å²) < 4.78 is 15.1. The lowest BCUT2D eigenvalue weighted by Crippen LogP contribution is -2.41. The molecule has 0 aromatic heterocycles. The van der Waals surface area contributed by atoms with Crippen molar-refractivity contribution in [3.05, 3.63) is 65.2 Å². The number of aliphatic imine (C=N–C) groups is 1. The van der Waals surface area contributed by atoms with Gasteiger partial charge in [-0.1, -0.05) is 48.2 Å². The van der Waals surface area contributed by atoms with Crippen LogP contribution in [0.15, 0.2) is 63.5 Å². The summed E-state index contributed by atoms with van der Waals surface area (Å²) >= 11 is 2.63. The average Bonchev–Trinajstić information content (AvgIpc) is 3.36. The lowest BCUT2D eigenvalue weighted by Gasteiger charge is -2.24. The van der Waals surface area contributed by atoms with E-state index in [0.29, 0.717) is 27.6 Å². The molecule has 2 aromatic rings. The Hall–Kier alpha value is -3.04. The third kappa shape index (κ3) is 3.43. The van der Waals surface area contributed by atoms with Gasteiger partial charge in [0, 0.05) is 5.75 Å². The Morgan fingerprint density at radius 3 is 2.86 bits per heavy atom. The molecule has 0 fully saturated rings. The van der Waals surface area contributed by atoms with Crippen molar-refractivity contribution in [3.63, 3.8) is 0 Å². The Kier molecular flexibility index (Phi) is 4.61. The highest BCUT2D eigenvalue weighted by molar-refractivity contribution is 8.18. The number of fused-ring (bicyclic) bond motifs is 2. The molecule has 1 amide bonds. The summed E-state index contributed by atoms with van der Waals surface area (Å²) in [6.07, 6.45) is 1.65. The molecule has 5 rings (SSSR count). The molecule has 9 heteroatoms. The van der Waals surface area contributed by atoms with Gasteiger partial charge in [-0.3, -0.25) is 10.2 Å². The first-order valence-corrected chi connectivity index (χ1v) is 10.5. The molecule has 0 atom stereocenters. The van der Waals surface area contributed by atoms with E-state index in [1.54, 1.807) is 23.1 Å². The van der Waals surface area contributed by atoms with Crippen molar-refractivity contribution in [1.29, 1.82) is 5.41 Å². The normalized spacial score (nSPS) is 18.8. The smallest absolute Gasteiger partial charge is 0.283 e. The molecule has 0 radical (unpaired) electrons. The number of ether oxygens (including phenoxy) is 2. The zero-order valence-electron chi connectivity index (χ0n) is 15.0. The molecule has 3 aliphatic rings. The number of nitrogens with one attached hydrogen (secondary N) is 1. The van der Waals surface area contributed by atoms with E-state index in [2.05, 4.69) is 9.39 Å². The van der Waals surface area contributed by atoms with Gasteiger partial charge in [0.25, 0.3) is 5.91 Å². The SMILES string of the molecule is N=C1/C(=C/c2ccc3c(c2)OCO3)C(=O)N=C2SN=C(SCc3ccccc3)N12. The van der Waals surface area contributed by atoms with E-state index in [9.17, 15) is 4.79 Å². The zero-order valence-corrected chi connectivity index (χ0v) is 16.6. The van der Waals surface area contributed by atoms with E-state index in [-0.39, 0.29) is 18.2 Å². The first kappa shape index (κ1) is 18.0. The Bertz CT molecular complexity index is 1110. The summed E-state index contributed by atoms with van der Waals surface area (Å²) in [6.45, 7) is 0.182. The van der Waals surface area contributed by atoms with Crippen LogP contribution in [0.1, 0.15) is 11.1 Å². The van der Waals surface area contributed by atoms with Crippen LogP contribution in [-0.2, 0) is 10.5 Å². The molecule has 0 bridgehead atoms. The van der Waals surface area contributed by atoms with Crippen LogP contribution in [0.4, 0.5) is 0 Å². The number of nitrogens with zero attached hydrogens (tertiary/aromatic N) is 3. The van der Waals surface area contributed by atoms with Crippen molar-refractivity contribution in [2.45, 2.75) is 5.75 Å². The van der Waals surface area contributed by atoms with Crippen molar-refractivity contribution in [2.75, 3.05) is 6.79 Å². The lowest BCUT2D eigenvalue weighted by molar-refractivity contribution is -0.114. The minimum absolute atomic E-state index is 0.0713. The predicted molar refractivity (Wildman–Crippen MR) is 115 cm³/mol. The number of amides is 1. The summed E-state index contributed by atoms with van der Waals surface area (Å²) in [6, 6.07) is 15.4. The number of rotatable bonds is 3. The molecule has 7 nitrogen and oxygen atoms in total. The van der Waals surface area contributed by atoms with Crippen molar-refractivity contribution in [3.8, 4) is 11.5 Å². The fourth-order valence-corrected chi connectivity index (χ4v) is 4.79. The van der Waals surface area contributed by atoms with E-state index in [0.717, 1.165) is 23.1 Å². The Labute approximate surface area is 175 Å². The Balaban J connectivity index is 1.40. The molecule has 0 unspecified atom stereocenters. The van der Waals surface area contributed by atoms with Crippen LogP contribution >= 0.6 is 23.7 Å². The van der Waals surface area contributed by atoms with Gasteiger partial charge in [-0.05, 0) is 29.3 Å². The van der Waals surface area contributed by atoms with Gasteiger partial charge in [0.1, 0.15) is 5.84 Å². The summed E-state index contributed by atoms with van der Waals surface area (Å²) in [5.41, 5.74) is 2.11. The maximum absolute atomic E-state index is 12.5. The van der Waals surface area contributed by atoms with Gasteiger partial charge in [-0.25, -0.2) is 4.90 Å². The van der Waals surface area contributed by atoms with E-state index in [4.69, 9.17) is 14.9 Å². The summed E-state index contributed by atoms with van der Waals surface area (Å²) in [5, 5.41) is 9.67. The van der Waals surface area contributed by atoms with Crippen molar-refractivity contribution in [1.82, 2.24) is 4.90 Å². The van der Waals surface area contributed by atoms with Crippen LogP contribution < -0.4 is 9.47 Å². The number of carbonyl (C=O) groups excluding carboxylic acids is 1. The van der Waals surface area contributed by atoms with Gasteiger partial charge in [0.15, 0.2) is 16.7 Å². The topological polar surface area (TPSA) is 87.3 Å². The monoisotopic (exact) mass is 422 g/mol. The van der Waals surface area contributed by atoms with Gasteiger partial charge < -0.3 is 9.47 Å². The van der Waals surface area contributed by atoms with Crippen LogP contribution in [-0.4, -0.2) is 33.8 Å². The molecule has 3 heterocycles. The first-order chi connectivity index (χ1) is 14.2. The van der Waals surface area contributed by atoms with E-state index in [1.165, 1.54) is 11.8 Å². The summed E-state index contributed by atoms with van der Waals surface area (Å²) in [4.78, 5) is 18.3. The average molecular weight is 422 g/mol. The van der Waals surface area contributed by atoms with Crippen LogP contribution in [0.25, 0.3) is 6.08 Å². The molecule has 3 aliphatic heterocycles. The van der Waals surface area contributed by atoms with Gasteiger partial charge in [0.05, 0.1) is 17.5 Å². The standard InChI is InChI=1S/C20H14N4O3S2/c21-17-14(8-13-6-7-15-16(9-13)27-11-26-15)18(25)22-19-24(17)20(23-29-19)28-10-12-4-2-1-3-5-12/h1-9,21H,10-11H2/b14-8-,21-17?. The van der Waals surface area contributed by atoms with Crippen molar-refractivity contribution < 1.29 is 14.3 Å². The molecule has 2 aromatic carbocycles. The molecule has 0 spiro atoms. The Morgan fingerprint density at radius 2 is 2.00 bits per heavy atom. The predicted octanol–water partition coefficient (Wildman–Crippen LogP) is 3.93. The number of hydrogen-bond donors (Lipinski definition) is 1. The zero-order chi connectivity index (χ0) is 19.8.